The molecule has 1 aliphatic carbocycles. The van der Waals surface area contributed by atoms with Crippen molar-refractivity contribution >= 4 is 0 Å². The second kappa shape index (κ2) is 6.29. The molecule has 1 rings (SSSR count). The molecule has 0 saturated carbocycles. The van der Waals surface area contributed by atoms with Crippen LogP contribution in [-0.2, 0) is 0 Å². The Hall–Kier alpha value is -0.340. The Bertz CT molecular complexity index is 183. The first-order valence-electron chi connectivity index (χ1n) is 6.19. The van der Waals surface area contributed by atoms with Crippen LogP contribution in [0, 0.1) is 5.92 Å². The van der Waals surface area contributed by atoms with Crippen molar-refractivity contribution in [3.05, 3.63) is 12.2 Å². The van der Waals surface area contributed by atoms with Gasteiger partial charge in [0.15, 0.2) is 0 Å². The monoisotopic (exact) mass is 210 g/mol. The van der Waals surface area contributed by atoms with Crippen LogP contribution in [0.2, 0.25) is 0 Å². The van der Waals surface area contributed by atoms with Crippen LogP contribution in [0.25, 0.3) is 0 Å². The summed E-state index contributed by atoms with van der Waals surface area (Å²) in [6, 6.07) is 0. The first-order valence-corrected chi connectivity index (χ1v) is 6.19. The lowest BCUT2D eigenvalue weighted by molar-refractivity contribution is 0.413. The van der Waals surface area contributed by atoms with Crippen molar-refractivity contribution in [2.45, 2.75) is 45.6 Å². The number of rotatable bonds is 6. The van der Waals surface area contributed by atoms with E-state index in [0.717, 1.165) is 19.0 Å². The van der Waals surface area contributed by atoms with Gasteiger partial charge in [0, 0.05) is 5.54 Å². The molecule has 0 bridgehead atoms. The lowest BCUT2D eigenvalue weighted by atomic mass is 10.1. The summed E-state index contributed by atoms with van der Waals surface area (Å²) in [5.41, 5.74) is 0.259. The number of hydrogen-bond donors (Lipinski definition) is 2. The summed E-state index contributed by atoms with van der Waals surface area (Å²) in [7, 11) is 0. The van der Waals surface area contributed by atoms with Gasteiger partial charge in [-0.1, -0.05) is 12.2 Å². The molecular weight excluding hydrogens is 184 g/mol. The molecule has 0 aliphatic heterocycles. The number of nitrogens with one attached hydrogen (secondary N) is 2. The zero-order valence-corrected chi connectivity index (χ0v) is 10.5. The molecule has 0 radical (unpaired) electrons. The van der Waals surface area contributed by atoms with E-state index >= 15 is 0 Å². The van der Waals surface area contributed by atoms with Crippen LogP contribution in [0.3, 0.4) is 0 Å². The molecule has 1 aliphatic rings. The van der Waals surface area contributed by atoms with E-state index in [4.69, 9.17) is 0 Å². The van der Waals surface area contributed by atoms with Crippen molar-refractivity contribution in [3.8, 4) is 0 Å². The van der Waals surface area contributed by atoms with Crippen molar-refractivity contribution < 1.29 is 0 Å². The molecule has 0 amide bonds. The third kappa shape index (κ3) is 6.69. The minimum absolute atomic E-state index is 0.259. The van der Waals surface area contributed by atoms with Crippen molar-refractivity contribution in [2.24, 2.45) is 5.92 Å². The van der Waals surface area contributed by atoms with Crippen molar-refractivity contribution in [1.29, 1.82) is 0 Å². The molecule has 2 nitrogen and oxygen atoms in total. The lowest BCUT2D eigenvalue weighted by Crippen LogP contribution is -2.37. The van der Waals surface area contributed by atoms with Gasteiger partial charge in [-0.05, 0) is 65.6 Å². The molecule has 0 atom stereocenters. The number of hydrogen-bond acceptors (Lipinski definition) is 2. The molecule has 0 saturated heterocycles. The molecule has 0 spiro atoms. The van der Waals surface area contributed by atoms with Gasteiger partial charge >= 0.3 is 0 Å². The summed E-state index contributed by atoms with van der Waals surface area (Å²) >= 11 is 0. The van der Waals surface area contributed by atoms with E-state index < -0.39 is 0 Å². The molecular formula is C13H26N2. The SMILES string of the molecule is CC(C)(C)NCCCNCC1CC=CC1. The van der Waals surface area contributed by atoms with Crippen molar-refractivity contribution in [1.82, 2.24) is 10.6 Å². The van der Waals surface area contributed by atoms with Crippen LogP contribution in [0.5, 0.6) is 0 Å². The van der Waals surface area contributed by atoms with E-state index in [1.165, 1.54) is 25.8 Å². The van der Waals surface area contributed by atoms with Crippen LogP contribution in [-0.4, -0.2) is 25.2 Å². The van der Waals surface area contributed by atoms with Crippen LogP contribution in [0.15, 0.2) is 12.2 Å². The molecule has 0 fully saturated rings. The molecule has 15 heavy (non-hydrogen) atoms. The van der Waals surface area contributed by atoms with Gasteiger partial charge in [-0.3, -0.25) is 0 Å². The highest BCUT2D eigenvalue weighted by atomic mass is 14.9. The van der Waals surface area contributed by atoms with E-state index in [1.54, 1.807) is 0 Å². The van der Waals surface area contributed by atoms with Gasteiger partial charge < -0.3 is 10.6 Å². The zero-order valence-electron chi connectivity index (χ0n) is 10.5. The minimum Gasteiger partial charge on any atom is -0.316 e. The van der Waals surface area contributed by atoms with E-state index in [0.29, 0.717) is 0 Å². The van der Waals surface area contributed by atoms with E-state index in [2.05, 4.69) is 43.6 Å². The molecule has 88 valence electrons. The summed E-state index contributed by atoms with van der Waals surface area (Å²) in [4.78, 5) is 0. The average Bonchev–Trinajstić information content (AvgIpc) is 2.61. The summed E-state index contributed by atoms with van der Waals surface area (Å²) in [6.07, 6.45) is 8.36. The summed E-state index contributed by atoms with van der Waals surface area (Å²) in [6.45, 7) is 10.1. The fraction of sp³-hybridized carbons (Fsp3) is 0.846. The standard InChI is InChI=1S/C13H26N2/c1-13(2,3)15-10-6-9-14-11-12-7-4-5-8-12/h4-5,12,14-15H,6-11H2,1-3H3. The van der Waals surface area contributed by atoms with Gasteiger partial charge in [-0.2, -0.15) is 0 Å². The van der Waals surface area contributed by atoms with Crippen LogP contribution in [0.1, 0.15) is 40.0 Å². The van der Waals surface area contributed by atoms with Crippen LogP contribution in [0.4, 0.5) is 0 Å². The highest BCUT2D eigenvalue weighted by molar-refractivity contribution is 4.94. The smallest absolute Gasteiger partial charge is 0.00965 e. The van der Waals surface area contributed by atoms with Crippen molar-refractivity contribution in [3.63, 3.8) is 0 Å². The number of allylic oxidation sites excluding steroid dienone is 2. The highest BCUT2D eigenvalue weighted by Gasteiger charge is 2.09. The Morgan fingerprint density at radius 3 is 2.40 bits per heavy atom. The second-order valence-corrected chi connectivity index (χ2v) is 5.54. The predicted molar refractivity (Wildman–Crippen MR) is 67.1 cm³/mol. The summed E-state index contributed by atoms with van der Waals surface area (Å²) in [5, 5.41) is 7.03. The molecule has 0 unspecified atom stereocenters. The fourth-order valence-electron chi connectivity index (χ4n) is 1.82. The Balaban J connectivity index is 1.85. The normalized spacial score (nSPS) is 17.5. The molecule has 2 heteroatoms. The maximum Gasteiger partial charge on any atom is 0.00965 e. The predicted octanol–water partition coefficient (Wildman–Crippen LogP) is 2.32. The Labute approximate surface area is 94.5 Å². The van der Waals surface area contributed by atoms with Gasteiger partial charge in [-0.15, -0.1) is 0 Å². The van der Waals surface area contributed by atoms with Gasteiger partial charge in [0.2, 0.25) is 0 Å². The first kappa shape index (κ1) is 12.7. The molecule has 0 aromatic rings. The summed E-state index contributed by atoms with van der Waals surface area (Å²) < 4.78 is 0. The Kier molecular flexibility index (Phi) is 5.34. The van der Waals surface area contributed by atoms with Crippen molar-refractivity contribution in [2.75, 3.05) is 19.6 Å². The zero-order chi connectivity index (χ0) is 11.1. The highest BCUT2D eigenvalue weighted by Crippen LogP contribution is 2.15. The lowest BCUT2D eigenvalue weighted by Gasteiger charge is -2.20. The Morgan fingerprint density at radius 2 is 1.80 bits per heavy atom. The maximum atomic E-state index is 3.53. The van der Waals surface area contributed by atoms with Gasteiger partial charge in [-0.25, -0.2) is 0 Å². The molecule has 0 aromatic heterocycles. The maximum absolute atomic E-state index is 3.53. The first-order chi connectivity index (χ1) is 7.08. The van der Waals surface area contributed by atoms with Gasteiger partial charge in [0.25, 0.3) is 0 Å². The van der Waals surface area contributed by atoms with Gasteiger partial charge in [0.05, 0.1) is 0 Å². The third-order valence-electron chi connectivity index (χ3n) is 2.72. The van der Waals surface area contributed by atoms with Crippen LogP contribution < -0.4 is 10.6 Å². The average molecular weight is 210 g/mol. The minimum atomic E-state index is 0.259. The second-order valence-electron chi connectivity index (χ2n) is 5.54. The summed E-state index contributed by atoms with van der Waals surface area (Å²) in [5.74, 6) is 0.862. The molecule has 0 aromatic carbocycles. The largest absolute Gasteiger partial charge is 0.316 e. The van der Waals surface area contributed by atoms with Crippen LogP contribution >= 0.6 is 0 Å². The van der Waals surface area contributed by atoms with Gasteiger partial charge in [0.1, 0.15) is 0 Å². The van der Waals surface area contributed by atoms with E-state index in [9.17, 15) is 0 Å². The van der Waals surface area contributed by atoms with E-state index in [1.807, 2.05) is 0 Å². The van der Waals surface area contributed by atoms with E-state index in [-0.39, 0.29) is 5.54 Å². The quantitative estimate of drug-likeness (QED) is 0.519. The fourth-order valence-corrected chi connectivity index (χ4v) is 1.82. The molecule has 2 N–H and O–H groups in total. The third-order valence-corrected chi connectivity index (χ3v) is 2.72. The molecule has 0 heterocycles. The Morgan fingerprint density at radius 1 is 1.13 bits per heavy atom. The topological polar surface area (TPSA) is 24.1 Å².